The average molecular weight is 316 g/mol. The van der Waals surface area contributed by atoms with Gasteiger partial charge in [-0.3, -0.25) is 4.79 Å². The Morgan fingerprint density at radius 1 is 1.14 bits per heavy atom. The standard InChI is InChI=1S/C16H16N2O3S/c19-16(18-10-12-6-2-1-3-7-12)15-11-17-13-8-4-5-9-14(13)22(15,20)21/h1-9,11,13-14,17H,10H2,(H,18,19). The van der Waals surface area contributed by atoms with Gasteiger partial charge < -0.3 is 10.6 Å². The van der Waals surface area contributed by atoms with Crippen molar-refractivity contribution in [3.8, 4) is 0 Å². The molecule has 0 bridgehead atoms. The predicted octanol–water partition coefficient (Wildman–Crippen LogP) is 1.03. The fraction of sp³-hybridized carbons (Fsp3) is 0.188. The lowest BCUT2D eigenvalue weighted by molar-refractivity contribution is -0.117. The van der Waals surface area contributed by atoms with E-state index in [1.165, 1.54) is 6.20 Å². The summed E-state index contributed by atoms with van der Waals surface area (Å²) in [6.45, 7) is 0.288. The summed E-state index contributed by atoms with van der Waals surface area (Å²) in [6.07, 6.45) is 8.14. The van der Waals surface area contributed by atoms with Crippen LogP contribution in [0.5, 0.6) is 0 Å². The molecule has 0 saturated carbocycles. The van der Waals surface area contributed by atoms with E-state index in [4.69, 9.17) is 0 Å². The first kappa shape index (κ1) is 14.6. The van der Waals surface area contributed by atoms with Gasteiger partial charge in [0.1, 0.15) is 10.2 Å². The molecule has 2 N–H and O–H groups in total. The van der Waals surface area contributed by atoms with E-state index in [-0.39, 0.29) is 17.5 Å². The van der Waals surface area contributed by atoms with Crippen molar-refractivity contribution in [3.05, 3.63) is 71.3 Å². The number of sulfone groups is 1. The first-order valence-corrected chi connectivity index (χ1v) is 8.51. The van der Waals surface area contributed by atoms with Crippen LogP contribution in [0.25, 0.3) is 0 Å². The fourth-order valence-electron chi connectivity index (χ4n) is 2.49. The summed E-state index contributed by atoms with van der Waals surface area (Å²) in [7, 11) is -3.68. The van der Waals surface area contributed by atoms with Gasteiger partial charge in [-0.15, -0.1) is 0 Å². The third-order valence-electron chi connectivity index (χ3n) is 3.68. The van der Waals surface area contributed by atoms with Gasteiger partial charge in [0.2, 0.25) is 0 Å². The number of carbonyl (C=O) groups excluding carboxylic acids is 1. The lowest BCUT2D eigenvalue weighted by Gasteiger charge is -2.29. The number of hydrogen-bond acceptors (Lipinski definition) is 4. The number of hydrogen-bond donors (Lipinski definition) is 2. The molecule has 1 amide bonds. The molecule has 22 heavy (non-hydrogen) atoms. The van der Waals surface area contributed by atoms with E-state index >= 15 is 0 Å². The Morgan fingerprint density at radius 2 is 1.86 bits per heavy atom. The molecule has 2 unspecified atom stereocenters. The van der Waals surface area contributed by atoms with Crippen LogP contribution >= 0.6 is 0 Å². The van der Waals surface area contributed by atoms with Crippen LogP contribution in [0.3, 0.4) is 0 Å². The van der Waals surface area contributed by atoms with E-state index in [0.717, 1.165) is 5.56 Å². The number of rotatable bonds is 3. The highest BCUT2D eigenvalue weighted by molar-refractivity contribution is 7.97. The summed E-state index contributed by atoms with van der Waals surface area (Å²) in [6, 6.07) is 9.03. The zero-order chi connectivity index (χ0) is 15.6. The number of benzene rings is 1. The van der Waals surface area contributed by atoms with Crippen LogP contribution in [0.15, 0.2) is 65.7 Å². The molecule has 2 atom stereocenters. The van der Waals surface area contributed by atoms with Crippen LogP contribution < -0.4 is 10.6 Å². The molecule has 3 rings (SSSR count). The second kappa shape index (κ2) is 5.81. The average Bonchev–Trinajstić information content (AvgIpc) is 2.54. The molecule has 1 aromatic carbocycles. The minimum atomic E-state index is -3.68. The zero-order valence-electron chi connectivity index (χ0n) is 11.8. The molecule has 2 aliphatic rings. The third kappa shape index (κ3) is 2.69. The molecule has 0 aromatic heterocycles. The molecule has 1 heterocycles. The van der Waals surface area contributed by atoms with Gasteiger partial charge in [0, 0.05) is 12.7 Å². The summed E-state index contributed by atoms with van der Waals surface area (Å²) in [5.41, 5.74) is 0.913. The van der Waals surface area contributed by atoms with E-state index in [2.05, 4.69) is 10.6 Å². The first-order valence-electron chi connectivity index (χ1n) is 6.96. The normalized spacial score (nSPS) is 24.8. The van der Waals surface area contributed by atoms with Crippen molar-refractivity contribution in [2.45, 2.75) is 17.8 Å². The van der Waals surface area contributed by atoms with Crippen molar-refractivity contribution < 1.29 is 13.2 Å². The number of fused-ring (bicyclic) bond motifs is 1. The number of carbonyl (C=O) groups is 1. The Bertz CT molecular complexity index is 764. The maximum absolute atomic E-state index is 12.5. The summed E-state index contributed by atoms with van der Waals surface area (Å²) in [4.78, 5) is 12.0. The molecule has 1 aliphatic heterocycles. The summed E-state index contributed by atoms with van der Waals surface area (Å²) < 4.78 is 25.1. The first-order chi connectivity index (χ1) is 10.6. The van der Waals surface area contributed by atoms with Crippen LogP contribution in [-0.4, -0.2) is 25.6 Å². The SMILES string of the molecule is O=C(NCc1ccccc1)C1=CNC2C=CC=CC2S1(=O)=O. The van der Waals surface area contributed by atoms with Gasteiger partial charge in [-0.25, -0.2) is 8.42 Å². The van der Waals surface area contributed by atoms with Crippen molar-refractivity contribution >= 4 is 15.7 Å². The van der Waals surface area contributed by atoms with Crippen LogP contribution in [0, 0.1) is 0 Å². The molecule has 6 heteroatoms. The predicted molar refractivity (Wildman–Crippen MR) is 84.3 cm³/mol. The molecular weight excluding hydrogens is 300 g/mol. The lowest BCUT2D eigenvalue weighted by Crippen LogP contribution is -2.47. The third-order valence-corrected chi connectivity index (χ3v) is 5.76. The Balaban J connectivity index is 1.76. The van der Waals surface area contributed by atoms with Crippen LogP contribution in [0.4, 0.5) is 0 Å². The van der Waals surface area contributed by atoms with E-state index in [9.17, 15) is 13.2 Å². The Labute approximate surface area is 129 Å². The molecule has 0 radical (unpaired) electrons. The summed E-state index contributed by atoms with van der Waals surface area (Å²) >= 11 is 0. The monoisotopic (exact) mass is 316 g/mol. The van der Waals surface area contributed by atoms with E-state index in [1.807, 2.05) is 30.3 Å². The van der Waals surface area contributed by atoms with Crippen molar-refractivity contribution in [3.63, 3.8) is 0 Å². The van der Waals surface area contributed by atoms with Crippen molar-refractivity contribution in [2.24, 2.45) is 0 Å². The fourth-order valence-corrected chi connectivity index (χ4v) is 4.20. The number of allylic oxidation sites excluding steroid dienone is 2. The highest BCUT2D eigenvalue weighted by Gasteiger charge is 2.40. The van der Waals surface area contributed by atoms with Crippen molar-refractivity contribution in [1.82, 2.24) is 10.6 Å². The molecule has 0 saturated heterocycles. The van der Waals surface area contributed by atoms with Crippen LogP contribution in [0.1, 0.15) is 5.56 Å². The van der Waals surface area contributed by atoms with Gasteiger partial charge in [-0.1, -0.05) is 54.6 Å². The van der Waals surface area contributed by atoms with Crippen molar-refractivity contribution in [1.29, 1.82) is 0 Å². The quantitative estimate of drug-likeness (QED) is 0.873. The van der Waals surface area contributed by atoms with Gasteiger partial charge >= 0.3 is 0 Å². The van der Waals surface area contributed by atoms with Gasteiger partial charge in [0.25, 0.3) is 5.91 Å². The second-order valence-corrected chi connectivity index (χ2v) is 7.22. The summed E-state index contributed by atoms with van der Waals surface area (Å²) in [5.74, 6) is -0.585. The molecular formula is C16H16N2O3S. The topological polar surface area (TPSA) is 75.3 Å². The Hall–Kier alpha value is -2.34. The highest BCUT2D eigenvalue weighted by atomic mass is 32.2. The van der Waals surface area contributed by atoms with Crippen LogP contribution in [0.2, 0.25) is 0 Å². The highest BCUT2D eigenvalue weighted by Crippen LogP contribution is 2.25. The van der Waals surface area contributed by atoms with E-state index < -0.39 is 21.0 Å². The van der Waals surface area contributed by atoms with E-state index in [1.54, 1.807) is 24.3 Å². The number of amides is 1. The molecule has 1 aliphatic carbocycles. The largest absolute Gasteiger partial charge is 0.382 e. The van der Waals surface area contributed by atoms with Crippen molar-refractivity contribution in [2.75, 3.05) is 0 Å². The Morgan fingerprint density at radius 3 is 2.64 bits per heavy atom. The van der Waals surface area contributed by atoms with Gasteiger partial charge in [-0.05, 0) is 5.56 Å². The summed E-state index contributed by atoms with van der Waals surface area (Å²) in [5, 5.41) is 4.88. The molecule has 5 nitrogen and oxygen atoms in total. The van der Waals surface area contributed by atoms with Gasteiger partial charge in [0.15, 0.2) is 9.84 Å². The van der Waals surface area contributed by atoms with E-state index in [0.29, 0.717) is 0 Å². The molecule has 0 fully saturated rings. The van der Waals surface area contributed by atoms with Gasteiger partial charge in [-0.2, -0.15) is 0 Å². The minimum Gasteiger partial charge on any atom is -0.382 e. The zero-order valence-corrected chi connectivity index (χ0v) is 12.6. The Kier molecular flexibility index (Phi) is 3.85. The molecule has 0 spiro atoms. The smallest absolute Gasteiger partial charge is 0.264 e. The lowest BCUT2D eigenvalue weighted by atomic mass is 10.1. The van der Waals surface area contributed by atoms with Gasteiger partial charge in [0.05, 0.1) is 6.04 Å². The minimum absolute atomic E-state index is 0.218. The molecule has 114 valence electrons. The number of nitrogens with one attached hydrogen (secondary N) is 2. The van der Waals surface area contributed by atoms with Crippen LogP contribution in [-0.2, 0) is 21.2 Å². The second-order valence-electron chi connectivity index (χ2n) is 5.15. The molecule has 1 aromatic rings. The maximum atomic E-state index is 12.5. The maximum Gasteiger partial charge on any atom is 0.264 e.